The molecule has 2 aromatic carbocycles. The van der Waals surface area contributed by atoms with Crippen molar-refractivity contribution in [2.45, 2.75) is 6.54 Å². The van der Waals surface area contributed by atoms with Crippen molar-refractivity contribution in [3.8, 4) is 11.5 Å². The van der Waals surface area contributed by atoms with Crippen LogP contribution in [0.25, 0.3) is 6.08 Å². The number of pyridine rings is 1. The number of rotatable bonds is 7. The Labute approximate surface area is 177 Å². The molecule has 29 heavy (non-hydrogen) atoms. The molecule has 1 amide bonds. The number of hydroxylamine groups is 1. The molecule has 0 radical (unpaired) electrons. The zero-order valence-electron chi connectivity index (χ0n) is 15.1. The molecule has 0 atom stereocenters. The second kappa shape index (κ2) is 9.93. The number of benzene rings is 2. The number of aromatic nitrogens is 1. The van der Waals surface area contributed by atoms with Gasteiger partial charge in [-0.1, -0.05) is 29.3 Å². The third kappa shape index (κ3) is 5.96. The second-order valence-electron chi connectivity index (χ2n) is 5.95. The quantitative estimate of drug-likeness (QED) is 0.269. The molecule has 148 valence electrons. The van der Waals surface area contributed by atoms with E-state index < -0.39 is 5.91 Å². The van der Waals surface area contributed by atoms with Crippen LogP contribution >= 0.6 is 23.2 Å². The molecular formula is C21H17Cl2N3O3. The monoisotopic (exact) mass is 429 g/mol. The summed E-state index contributed by atoms with van der Waals surface area (Å²) >= 11 is 12.0. The second-order valence-corrected chi connectivity index (χ2v) is 6.77. The first-order valence-electron chi connectivity index (χ1n) is 8.57. The molecule has 3 aromatic rings. The molecule has 0 aliphatic rings. The third-order valence-electron chi connectivity index (χ3n) is 3.87. The average Bonchev–Trinajstić information content (AvgIpc) is 2.75. The summed E-state index contributed by atoms with van der Waals surface area (Å²) in [5.74, 6) is 0.341. The lowest BCUT2D eigenvalue weighted by Gasteiger charge is -2.13. The van der Waals surface area contributed by atoms with Gasteiger partial charge in [0, 0.05) is 42.3 Å². The van der Waals surface area contributed by atoms with E-state index in [0.717, 1.165) is 11.3 Å². The average molecular weight is 430 g/mol. The molecule has 8 heteroatoms. The molecule has 1 heterocycles. The van der Waals surface area contributed by atoms with Crippen LogP contribution in [0.5, 0.6) is 11.5 Å². The fourth-order valence-electron chi connectivity index (χ4n) is 2.46. The topological polar surface area (TPSA) is 83.5 Å². The molecule has 0 spiro atoms. The van der Waals surface area contributed by atoms with Crippen molar-refractivity contribution in [1.82, 2.24) is 10.5 Å². The van der Waals surface area contributed by atoms with Gasteiger partial charge in [0.2, 0.25) is 0 Å². The molecular weight excluding hydrogens is 413 g/mol. The Morgan fingerprint density at radius 1 is 1.14 bits per heavy atom. The molecule has 0 saturated carbocycles. The highest BCUT2D eigenvalue weighted by Crippen LogP contribution is 2.32. The standard InChI is InChI=1S/C21H17Cl2N3O3/c22-18-6-5-17(11-19(18)23)29-20-7-4-16(10-15(20)3-8-21(27)26-28)25-13-14-2-1-9-24-12-14/h1-12,25,28H,13H2,(H,26,27). The Bertz CT molecular complexity index is 1030. The third-order valence-corrected chi connectivity index (χ3v) is 4.61. The van der Waals surface area contributed by atoms with E-state index in [-0.39, 0.29) is 0 Å². The van der Waals surface area contributed by atoms with Crippen LogP contribution in [0.3, 0.4) is 0 Å². The predicted octanol–water partition coefficient (Wildman–Crippen LogP) is 5.31. The molecule has 1 aromatic heterocycles. The van der Waals surface area contributed by atoms with E-state index in [4.69, 9.17) is 33.1 Å². The van der Waals surface area contributed by atoms with E-state index in [1.165, 1.54) is 12.2 Å². The van der Waals surface area contributed by atoms with Crippen LogP contribution in [0.4, 0.5) is 5.69 Å². The Morgan fingerprint density at radius 3 is 2.72 bits per heavy atom. The highest BCUT2D eigenvalue weighted by atomic mass is 35.5. The molecule has 0 saturated heterocycles. The smallest absolute Gasteiger partial charge is 0.267 e. The highest BCUT2D eigenvalue weighted by molar-refractivity contribution is 6.42. The molecule has 3 N–H and O–H groups in total. The number of hydrogen-bond donors (Lipinski definition) is 3. The van der Waals surface area contributed by atoms with Gasteiger partial charge in [-0.05, 0) is 48.0 Å². The number of carbonyl (C=O) groups is 1. The van der Waals surface area contributed by atoms with Gasteiger partial charge in [0.15, 0.2) is 0 Å². The molecule has 0 aliphatic carbocycles. The van der Waals surface area contributed by atoms with Gasteiger partial charge < -0.3 is 10.1 Å². The van der Waals surface area contributed by atoms with Crippen molar-refractivity contribution in [3.05, 3.63) is 88.2 Å². The molecule has 0 bridgehead atoms. The summed E-state index contributed by atoms with van der Waals surface area (Å²) in [5, 5.41) is 12.8. The van der Waals surface area contributed by atoms with Crippen LogP contribution in [-0.4, -0.2) is 16.1 Å². The summed E-state index contributed by atoms with van der Waals surface area (Å²) in [5.41, 5.74) is 4.03. The van der Waals surface area contributed by atoms with Crippen molar-refractivity contribution >= 4 is 40.9 Å². The van der Waals surface area contributed by atoms with Crippen molar-refractivity contribution in [2.24, 2.45) is 0 Å². The van der Waals surface area contributed by atoms with Gasteiger partial charge in [0.05, 0.1) is 10.0 Å². The van der Waals surface area contributed by atoms with Gasteiger partial charge in [0.25, 0.3) is 5.91 Å². The summed E-state index contributed by atoms with van der Waals surface area (Å²) < 4.78 is 5.90. The van der Waals surface area contributed by atoms with Gasteiger partial charge in [-0.25, -0.2) is 5.48 Å². The lowest BCUT2D eigenvalue weighted by Crippen LogP contribution is -2.14. The minimum atomic E-state index is -0.654. The van der Waals surface area contributed by atoms with Crippen molar-refractivity contribution in [3.63, 3.8) is 0 Å². The zero-order valence-corrected chi connectivity index (χ0v) is 16.6. The number of halogens is 2. The molecule has 0 fully saturated rings. The molecule has 6 nitrogen and oxygen atoms in total. The Hall–Kier alpha value is -3.06. The molecule has 0 unspecified atom stereocenters. The van der Waals surface area contributed by atoms with Crippen molar-refractivity contribution in [1.29, 1.82) is 0 Å². The van der Waals surface area contributed by atoms with Crippen LogP contribution in [0.1, 0.15) is 11.1 Å². The highest BCUT2D eigenvalue weighted by Gasteiger charge is 2.08. The number of hydrogen-bond acceptors (Lipinski definition) is 5. The predicted molar refractivity (Wildman–Crippen MR) is 114 cm³/mol. The van der Waals surface area contributed by atoms with E-state index in [2.05, 4.69) is 10.3 Å². The molecule has 3 rings (SSSR count). The normalized spacial score (nSPS) is 10.7. The van der Waals surface area contributed by atoms with E-state index in [1.807, 2.05) is 24.3 Å². The van der Waals surface area contributed by atoms with Gasteiger partial charge in [0.1, 0.15) is 11.5 Å². The minimum Gasteiger partial charge on any atom is -0.457 e. The number of nitrogens with one attached hydrogen (secondary N) is 2. The maximum atomic E-state index is 11.4. The van der Waals surface area contributed by atoms with Gasteiger partial charge in [-0.2, -0.15) is 0 Å². The summed E-state index contributed by atoms with van der Waals surface area (Å²) in [7, 11) is 0. The van der Waals surface area contributed by atoms with Gasteiger partial charge in [-0.3, -0.25) is 15.0 Å². The number of amides is 1. The molecule has 0 aliphatic heterocycles. The summed E-state index contributed by atoms with van der Waals surface area (Å²) in [6, 6.07) is 14.2. The SMILES string of the molecule is O=C(C=Cc1cc(NCc2cccnc2)ccc1Oc1ccc(Cl)c(Cl)c1)NO. The number of anilines is 1. The largest absolute Gasteiger partial charge is 0.457 e. The summed E-state index contributed by atoms with van der Waals surface area (Å²) in [6.07, 6.45) is 6.23. The van der Waals surface area contributed by atoms with E-state index in [9.17, 15) is 4.79 Å². The Morgan fingerprint density at radius 2 is 2.00 bits per heavy atom. The van der Waals surface area contributed by atoms with Crippen molar-refractivity contribution in [2.75, 3.05) is 5.32 Å². The fourth-order valence-corrected chi connectivity index (χ4v) is 2.75. The summed E-state index contributed by atoms with van der Waals surface area (Å²) in [6.45, 7) is 0.584. The Kier molecular flexibility index (Phi) is 7.08. The van der Waals surface area contributed by atoms with Crippen LogP contribution < -0.4 is 15.5 Å². The van der Waals surface area contributed by atoms with E-state index >= 15 is 0 Å². The van der Waals surface area contributed by atoms with Crippen LogP contribution in [0.15, 0.2) is 67.0 Å². The maximum absolute atomic E-state index is 11.4. The van der Waals surface area contributed by atoms with Crippen LogP contribution in [0, 0.1) is 0 Å². The number of nitrogens with zero attached hydrogens (tertiary/aromatic N) is 1. The van der Waals surface area contributed by atoms with E-state index in [0.29, 0.717) is 33.7 Å². The Balaban J connectivity index is 1.84. The number of ether oxygens (including phenoxy) is 1. The first-order valence-corrected chi connectivity index (χ1v) is 9.32. The maximum Gasteiger partial charge on any atom is 0.267 e. The zero-order chi connectivity index (χ0) is 20.6. The number of carbonyl (C=O) groups excluding carboxylic acids is 1. The first-order chi connectivity index (χ1) is 14.0. The first kappa shape index (κ1) is 20.7. The fraction of sp³-hybridized carbons (Fsp3) is 0.0476. The van der Waals surface area contributed by atoms with Crippen LogP contribution in [0.2, 0.25) is 10.0 Å². The van der Waals surface area contributed by atoms with Gasteiger partial charge >= 0.3 is 0 Å². The van der Waals surface area contributed by atoms with Gasteiger partial charge in [-0.15, -0.1) is 0 Å². The minimum absolute atomic E-state index is 0.371. The lowest BCUT2D eigenvalue weighted by atomic mass is 10.1. The van der Waals surface area contributed by atoms with E-state index in [1.54, 1.807) is 42.1 Å². The van der Waals surface area contributed by atoms with Crippen LogP contribution in [-0.2, 0) is 11.3 Å². The lowest BCUT2D eigenvalue weighted by molar-refractivity contribution is -0.124. The van der Waals surface area contributed by atoms with Crippen molar-refractivity contribution < 1.29 is 14.7 Å². The summed E-state index contributed by atoms with van der Waals surface area (Å²) in [4.78, 5) is 15.5.